The van der Waals surface area contributed by atoms with Crippen LogP contribution in [0.15, 0.2) is 33.9 Å². The highest BCUT2D eigenvalue weighted by Crippen LogP contribution is 2.29. The van der Waals surface area contributed by atoms with Crippen LogP contribution in [-0.2, 0) is 18.3 Å². The van der Waals surface area contributed by atoms with E-state index in [9.17, 15) is 24.5 Å². The van der Waals surface area contributed by atoms with Crippen LogP contribution in [0.4, 0.5) is 5.69 Å². The van der Waals surface area contributed by atoms with Gasteiger partial charge in [0.2, 0.25) is 0 Å². The number of carbonyl (C=O) groups excluding carboxylic acids is 1. The Kier molecular flexibility index (Phi) is 5.14. The first kappa shape index (κ1) is 19.5. The van der Waals surface area contributed by atoms with Crippen LogP contribution in [0.25, 0.3) is 10.2 Å². The van der Waals surface area contributed by atoms with Crippen molar-refractivity contribution in [3.63, 3.8) is 0 Å². The van der Waals surface area contributed by atoms with E-state index in [1.807, 2.05) is 0 Å². The molecule has 0 amide bonds. The van der Waals surface area contributed by atoms with Crippen LogP contribution in [0.5, 0.6) is 0 Å². The molecule has 146 valence electrons. The summed E-state index contributed by atoms with van der Waals surface area (Å²) in [6, 6.07) is 5.80. The number of benzene rings is 1. The van der Waals surface area contributed by atoms with Crippen molar-refractivity contribution in [3.05, 3.63) is 71.2 Å². The van der Waals surface area contributed by atoms with E-state index >= 15 is 0 Å². The van der Waals surface area contributed by atoms with Gasteiger partial charge in [0.1, 0.15) is 9.71 Å². The summed E-state index contributed by atoms with van der Waals surface area (Å²) < 4.78 is 7.42. The van der Waals surface area contributed by atoms with Crippen LogP contribution in [0, 0.1) is 17.0 Å². The molecule has 28 heavy (non-hydrogen) atoms. The Balaban J connectivity index is 2.20. The number of nitro groups is 1. The molecule has 0 aliphatic rings. The average Bonchev–Trinajstić information content (AvgIpc) is 3.01. The molecule has 10 heteroatoms. The first-order chi connectivity index (χ1) is 13.3. The molecule has 2 heterocycles. The lowest BCUT2D eigenvalue weighted by Gasteiger charge is -2.09. The fourth-order valence-electron chi connectivity index (χ4n) is 2.90. The molecule has 0 aliphatic heterocycles. The van der Waals surface area contributed by atoms with Crippen LogP contribution in [0.2, 0.25) is 0 Å². The summed E-state index contributed by atoms with van der Waals surface area (Å²) in [6.45, 7) is 3.63. The van der Waals surface area contributed by atoms with Gasteiger partial charge >= 0.3 is 11.7 Å². The number of carbonyl (C=O) groups is 1. The lowest BCUT2D eigenvalue weighted by atomic mass is 10.2. The molecule has 3 aromatic rings. The predicted octanol–water partition coefficient (Wildman–Crippen LogP) is 2.20. The summed E-state index contributed by atoms with van der Waals surface area (Å²) in [5, 5.41) is 11.1. The topological polar surface area (TPSA) is 113 Å². The normalized spacial score (nSPS) is 11.0. The van der Waals surface area contributed by atoms with Gasteiger partial charge in [-0.15, -0.1) is 11.3 Å². The van der Waals surface area contributed by atoms with E-state index in [0.717, 1.165) is 15.9 Å². The third kappa shape index (κ3) is 3.22. The highest BCUT2D eigenvalue weighted by atomic mass is 32.1. The van der Waals surface area contributed by atoms with Crippen LogP contribution in [0.3, 0.4) is 0 Å². The van der Waals surface area contributed by atoms with E-state index in [2.05, 4.69) is 0 Å². The number of nitro benzene ring substituents is 1. The molecular formula is C18H17N3O6S. The minimum Gasteiger partial charge on any atom is -0.462 e. The standard InChI is InChI=1S/C18H17N3O6S/c1-4-27-17(23)14-10(2)13-15(22)19(3)18(24)20(16(13)28-14)9-11-5-7-12(8-6-11)21(25)26/h5-8H,4,9H2,1-3H3. The third-order valence-corrected chi connectivity index (χ3v) is 5.65. The van der Waals surface area contributed by atoms with E-state index in [1.165, 1.54) is 23.7 Å². The van der Waals surface area contributed by atoms with Crippen molar-refractivity contribution in [1.29, 1.82) is 0 Å². The first-order valence-corrected chi connectivity index (χ1v) is 9.21. The second kappa shape index (κ2) is 7.39. The van der Waals surface area contributed by atoms with Gasteiger partial charge in [0.25, 0.3) is 11.2 Å². The van der Waals surface area contributed by atoms with Crippen LogP contribution in [0.1, 0.15) is 27.7 Å². The Morgan fingerprint density at radius 2 is 1.89 bits per heavy atom. The third-order valence-electron chi connectivity index (χ3n) is 4.36. The second-order valence-corrected chi connectivity index (χ2v) is 7.11. The molecule has 0 saturated carbocycles. The Morgan fingerprint density at radius 1 is 1.25 bits per heavy atom. The van der Waals surface area contributed by atoms with Crippen LogP contribution >= 0.6 is 11.3 Å². The van der Waals surface area contributed by atoms with Crippen molar-refractivity contribution < 1.29 is 14.5 Å². The van der Waals surface area contributed by atoms with E-state index in [-0.39, 0.29) is 29.1 Å². The van der Waals surface area contributed by atoms with Crippen molar-refractivity contribution in [2.75, 3.05) is 6.61 Å². The van der Waals surface area contributed by atoms with Crippen molar-refractivity contribution in [1.82, 2.24) is 9.13 Å². The molecule has 0 spiro atoms. The Labute approximate surface area is 162 Å². The molecule has 9 nitrogen and oxygen atoms in total. The lowest BCUT2D eigenvalue weighted by molar-refractivity contribution is -0.384. The van der Waals surface area contributed by atoms with Crippen LogP contribution in [-0.4, -0.2) is 26.6 Å². The summed E-state index contributed by atoms with van der Waals surface area (Å²) in [6.07, 6.45) is 0. The number of hydrogen-bond acceptors (Lipinski definition) is 7. The summed E-state index contributed by atoms with van der Waals surface area (Å²) in [5.74, 6) is -0.544. The SMILES string of the molecule is CCOC(=O)c1sc2c(c1C)c(=O)n(C)c(=O)n2Cc1ccc([N+](=O)[O-])cc1. The molecular weight excluding hydrogens is 386 g/mol. The second-order valence-electron chi connectivity index (χ2n) is 6.11. The number of nitrogens with zero attached hydrogens (tertiary/aromatic N) is 3. The van der Waals surface area contributed by atoms with Gasteiger partial charge in [-0.3, -0.25) is 24.0 Å². The van der Waals surface area contributed by atoms with E-state index in [0.29, 0.717) is 16.0 Å². The fourth-order valence-corrected chi connectivity index (χ4v) is 4.09. The Morgan fingerprint density at radius 3 is 2.46 bits per heavy atom. The summed E-state index contributed by atoms with van der Waals surface area (Å²) >= 11 is 1.03. The van der Waals surface area contributed by atoms with Gasteiger partial charge < -0.3 is 4.74 Å². The highest BCUT2D eigenvalue weighted by Gasteiger charge is 2.23. The Bertz CT molecular complexity index is 1200. The molecule has 0 radical (unpaired) electrons. The minimum absolute atomic E-state index is 0.0572. The molecule has 3 rings (SSSR count). The van der Waals surface area contributed by atoms with Gasteiger partial charge in [0, 0.05) is 19.2 Å². The van der Waals surface area contributed by atoms with Gasteiger partial charge in [-0.05, 0) is 25.0 Å². The number of aromatic nitrogens is 2. The lowest BCUT2D eigenvalue weighted by Crippen LogP contribution is -2.38. The molecule has 0 N–H and O–H groups in total. The number of rotatable bonds is 5. The van der Waals surface area contributed by atoms with E-state index in [1.54, 1.807) is 26.0 Å². The predicted molar refractivity (Wildman–Crippen MR) is 104 cm³/mol. The average molecular weight is 403 g/mol. The summed E-state index contributed by atoms with van der Waals surface area (Å²) in [4.78, 5) is 48.5. The monoisotopic (exact) mass is 403 g/mol. The minimum atomic E-state index is -0.544. The number of non-ortho nitro benzene ring substituents is 1. The molecule has 0 fully saturated rings. The maximum Gasteiger partial charge on any atom is 0.348 e. The maximum atomic E-state index is 12.7. The molecule has 1 aromatic carbocycles. The molecule has 0 atom stereocenters. The summed E-state index contributed by atoms with van der Waals surface area (Å²) in [5.41, 5.74) is 0.0444. The van der Waals surface area contributed by atoms with Crippen molar-refractivity contribution in [3.8, 4) is 0 Å². The van der Waals surface area contributed by atoms with Gasteiger partial charge in [0.15, 0.2) is 0 Å². The Hall–Kier alpha value is -3.27. The number of fused-ring (bicyclic) bond motifs is 1. The molecule has 0 bridgehead atoms. The van der Waals surface area contributed by atoms with Gasteiger partial charge in [-0.2, -0.15) is 0 Å². The van der Waals surface area contributed by atoms with E-state index < -0.39 is 22.1 Å². The maximum absolute atomic E-state index is 12.7. The highest BCUT2D eigenvalue weighted by molar-refractivity contribution is 7.20. The van der Waals surface area contributed by atoms with Gasteiger partial charge in [-0.25, -0.2) is 9.59 Å². The van der Waals surface area contributed by atoms with Crippen molar-refractivity contribution >= 4 is 33.2 Å². The van der Waals surface area contributed by atoms with E-state index in [4.69, 9.17) is 4.74 Å². The quantitative estimate of drug-likeness (QED) is 0.367. The van der Waals surface area contributed by atoms with Gasteiger partial charge in [0.05, 0.1) is 23.5 Å². The number of hydrogen-bond donors (Lipinski definition) is 0. The largest absolute Gasteiger partial charge is 0.462 e. The number of ether oxygens (including phenoxy) is 1. The first-order valence-electron chi connectivity index (χ1n) is 8.39. The number of esters is 1. The molecule has 0 aliphatic carbocycles. The van der Waals surface area contributed by atoms with Crippen molar-refractivity contribution in [2.45, 2.75) is 20.4 Å². The fraction of sp³-hybridized carbons (Fsp3) is 0.278. The summed E-state index contributed by atoms with van der Waals surface area (Å²) in [7, 11) is 1.37. The number of thiophene rings is 1. The van der Waals surface area contributed by atoms with Gasteiger partial charge in [-0.1, -0.05) is 12.1 Å². The molecule has 0 saturated heterocycles. The molecule has 0 unspecified atom stereocenters. The smallest absolute Gasteiger partial charge is 0.348 e. The zero-order valence-corrected chi connectivity index (χ0v) is 16.2. The van der Waals surface area contributed by atoms with Crippen LogP contribution < -0.4 is 11.2 Å². The zero-order chi connectivity index (χ0) is 20.6. The van der Waals surface area contributed by atoms with Crippen molar-refractivity contribution in [2.24, 2.45) is 7.05 Å². The molecule has 2 aromatic heterocycles. The zero-order valence-electron chi connectivity index (χ0n) is 15.4. The number of aryl methyl sites for hydroxylation is 1.